The molecule has 23 heavy (non-hydrogen) atoms. The number of aromatic nitrogens is 1. The molecule has 1 aliphatic rings. The van der Waals surface area contributed by atoms with Crippen LogP contribution >= 0.6 is 0 Å². The summed E-state index contributed by atoms with van der Waals surface area (Å²) in [4.78, 5) is 18.0. The summed E-state index contributed by atoms with van der Waals surface area (Å²) in [5, 5.41) is 0. The number of pyridine rings is 1. The molecular formula is C17H17FN2O3. The highest BCUT2D eigenvalue weighted by molar-refractivity contribution is 5.97. The van der Waals surface area contributed by atoms with Crippen molar-refractivity contribution in [3.63, 3.8) is 0 Å². The number of methoxy groups -OCH3 is 1. The zero-order chi connectivity index (χ0) is 16.2. The van der Waals surface area contributed by atoms with Crippen LogP contribution in [0, 0.1) is 5.95 Å². The number of halogens is 1. The van der Waals surface area contributed by atoms with Crippen LogP contribution in [0.2, 0.25) is 0 Å². The van der Waals surface area contributed by atoms with E-state index in [0.29, 0.717) is 30.8 Å². The van der Waals surface area contributed by atoms with Gasteiger partial charge in [0.25, 0.3) is 5.91 Å². The molecule has 0 saturated carbocycles. The maximum absolute atomic E-state index is 13.1. The van der Waals surface area contributed by atoms with Crippen molar-refractivity contribution in [2.75, 3.05) is 20.2 Å². The molecule has 0 radical (unpaired) electrons. The molecule has 0 spiro atoms. The van der Waals surface area contributed by atoms with Gasteiger partial charge in [-0.2, -0.15) is 9.37 Å². The normalized spacial score (nSPS) is 17.1. The molecule has 1 fully saturated rings. The average Bonchev–Trinajstić information content (AvgIpc) is 3.02. The van der Waals surface area contributed by atoms with Crippen molar-refractivity contribution in [1.29, 1.82) is 0 Å². The third-order valence-electron chi connectivity index (χ3n) is 3.75. The van der Waals surface area contributed by atoms with Gasteiger partial charge in [-0.05, 0) is 18.2 Å². The Morgan fingerprint density at radius 3 is 2.87 bits per heavy atom. The van der Waals surface area contributed by atoms with E-state index < -0.39 is 5.95 Å². The summed E-state index contributed by atoms with van der Waals surface area (Å²) in [5.41, 5.74) is 0.527. The predicted molar refractivity (Wildman–Crippen MR) is 82.1 cm³/mol. The maximum Gasteiger partial charge on any atom is 0.257 e. The molecule has 2 heterocycles. The topological polar surface area (TPSA) is 51.7 Å². The van der Waals surface area contributed by atoms with Crippen LogP contribution in [0.4, 0.5) is 4.39 Å². The highest BCUT2D eigenvalue weighted by Gasteiger charge is 2.29. The third kappa shape index (κ3) is 3.41. The molecule has 1 unspecified atom stereocenters. The van der Waals surface area contributed by atoms with Gasteiger partial charge in [0.2, 0.25) is 11.8 Å². The van der Waals surface area contributed by atoms with Crippen molar-refractivity contribution in [1.82, 2.24) is 9.88 Å². The Hall–Kier alpha value is -2.63. The van der Waals surface area contributed by atoms with Gasteiger partial charge in [0.05, 0.1) is 19.2 Å². The summed E-state index contributed by atoms with van der Waals surface area (Å²) in [6.07, 6.45) is 0.488. The number of benzene rings is 1. The van der Waals surface area contributed by atoms with E-state index in [1.807, 2.05) is 6.07 Å². The Morgan fingerprint density at radius 2 is 2.09 bits per heavy atom. The van der Waals surface area contributed by atoms with Gasteiger partial charge in [-0.15, -0.1) is 0 Å². The van der Waals surface area contributed by atoms with Gasteiger partial charge in [0.1, 0.15) is 11.9 Å². The second kappa shape index (κ2) is 6.64. The molecule has 3 rings (SSSR count). The molecule has 0 N–H and O–H groups in total. The molecular weight excluding hydrogens is 299 g/mol. The van der Waals surface area contributed by atoms with Crippen molar-refractivity contribution in [2.24, 2.45) is 0 Å². The Labute approximate surface area is 133 Å². The second-order valence-corrected chi connectivity index (χ2v) is 5.28. The number of hydrogen-bond acceptors (Lipinski definition) is 4. The molecule has 1 atom stereocenters. The van der Waals surface area contributed by atoms with Crippen molar-refractivity contribution in [3.05, 3.63) is 54.0 Å². The Kier molecular flexibility index (Phi) is 4.41. The lowest BCUT2D eigenvalue weighted by molar-refractivity contribution is 0.0767. The van der Waals surface area contributed by atoms with E-state index in [1.54, 1.807) is 35.2 Å². The lowest BCUT2D eigenvalue weighted by Gasteiger charge is -2.18. The van der Waals surface area contributed by atoms with Crippen LogP contribution in [0.15, 0.2) is 42.5 Å². The number of nitrogens with zero attached hydrogens (tertiary/aromatic N) is 2. The molecule has 6 heteroatoms. The lowest BCUT2D eigenvalue weighted by Crippen LogP contribution is -2.31. The van der Waals surface area contributed by atoms with Crippen LogP contribution < -0.4 is 9.47 Å². The highest BCUT2D eigenvalue weighted by Crippen LogP contribution is 2.23. The van der Waals surface area contributed by atoms with E-state index in [0.717, 1.165) is 0 Å². The summed E-state index contributed by atoms with van der Waals surface area (Å²) in [6, 6.07) is 11.5. The minimum Gasteiger partial charge on any atom is -0.496 e. The fourth-order valence-corrected chi connectivity index (χ4v) is 2.63. The summed E-state index contributed by atoms with van der Waals surface area (Å²) >= 11 is 0. The molecule has 5 nitrogen and oxygen atoms in total. The number of carbonyl (C=O) groups is 1. The monoisotopic (exact) mass is 316 g/mol. The zero-order valence-electron chi connectivity index (χ0n) is 12.7. The van der Waals surface area contributed by atoms with E-state index in [9.17, 15) is 9.18 Å². The van der Waals surface area contributed by atoms with Crippen LogP contribution in [0.1, 0.15) is 16.8 Å². The van der Waals surface area contributed by atoms with Gasteiger partial charge in [0, 0.05) is 19.0 Å². The van der Waals surface area contributed by atoms with Gasteiger partial charge in [-0.3, -0.25) is 4.79 Å². The molecule has 0 bridgehead atoms. The average molecular weight is 316 g/mol. The first kappa shape index (κ1) is 15.3. The van der Waals surface area contributed by atoms with E-state index in [-0.39, 0.29) is 17.9 Å². The summed E-state index contributed by atoms with van der Waals surface area (Å²) in [6.45, 7) is 1.02. The van der Waals surface area contributed by atoms with Gasteiger partial charge in [-0.1, -0.05) is 18.2 Å². The molecule has 1 amide bonds. The number of rotatable bonds is 4. The molecule has 1 aromatic carbocycles. The van der Waals surface area contributed by atoms with E-state index in [4.69, 9.17) is 9.47 Å². The van der Waals surface area contributed by atoms with Gasteiger partial charge >= 0.3 is 0 Å². The van der Waals surface area contributed by atoms with Crippen LogP contribution in [0.5, 0.6) is 11.6 Å². The molecule has 1 aliphatic heterocycles. The van der Waals surface area contributed by atoms with E-state index in [2.05, 4.69) is 4.98 Å². The summed E-state index contributed by atoms with van der Waals surface area (Å²) in [5.74, 6) is 0.110. The van der Waals surface area contributed by atoms with Crippen LogP contribution in [-0.4, -0.2) is 42.1 Å². The Bertz CT molecular complexity index is 708. The quantitative estimate of drug-likeness (QED) is 0.813. The smallest absolute Gasteiger partial charge is 0.257 e. The van der Waals surface area contributed by atoms with Crippen LogP contribution in [-0.2, 0) is 0 Å². The first-order valence-electron chi connectivity index (χ1n) is 7.39. The fourth-order valence-electron chi connectivity index (χ4n) is 2.63. The number of amides is 1. The van der Waals surface area contributed by atoms with Gasteiger partial charge in [-0.25, -0.2) is 0 Å². The zero-order valence-corrected chi connectivity index (χ0v) is 12.7. The number of ether oxygens (including phenoxy) is 2. The Balaban J connectivity index is 1.66. The molecule has 120 valence electrons. The second-order valence-electron chi connectivity index (χ2n) is 5.28. The number of para-hydroxylation sites is 1. The number of carbonyl (C=O) groups excluding carboxylic acids is 1. The minimum atomic E-state index is -0.581. The molecule has 0 aliphatic carbocycles. The summed E-state index contributed by atoms with van der Waals surface area (Å²) in [7, 11) is 1.54. The lowest BCUT2D eigenvalue weighted by atomic mass is 10.2. The van der Waals surface area contributed by atoms with Crippen molar-refractivity contribution >= 4 is 5.91 Å². The Morgan fingerprint density at radius 1 is 1.26 bits per heavy atom. The minimum absolute atomic E-state index is 0.0965. The van der Waals surface area contributed by atoms with E-state index in [1.165, 1.54) is 13.2 Å². The predicted octanol–water partition coefficient (Wildman–Crippen LogP) is 2.52. The van der Waals surface area contributed by atoms with Crippen molar-refractivity contribution in [3.8, 4) is 11.6 Å². The van der Waals surface area contributed by atoms with Gasteiger partial charge < -0.3 is 14.4 Å². The number of hydrogen-bond donors (Lipinski definition) is 0. The first-order valence-corrected chi connectivity index (χ1v) is 7.39. The summed E-state index contributed by atoms with van der Waals surface area (Å²) < 4.78 is 24.0. The SMILES string of the molecule is COc1ccccc1C(=O)N1CCC(Oc2cccc(F)n2)C1. The molecule has 2 aromatic rings. The third-order valence-corrected chi connectivity index (χ3v) is 3.75. The van der Waals surface area contributed by atoms with Crippen LogP contribution in [0.3, 0.4) is 0 Å². The molecule has 1 aromatic heterocycles. The van der Waals surface area contributed by atoms with Crippen LogP contribution in [0.25, 0.3) is 0 Å². The number of likely N-dealkylation sites (tertiary alicyclic amines) is 1. The van der Waals surface area contributed by atoms with Crippen molar-refractivity contribution < 1.29 is 18.7 Å². The van der Waals surface area contributed by atoms with E-state index >= 15 is 0 Å². The standard InChI is InChI=1S/C17H17FN2O3/c1-22-14-6-3-2-5-13(14)17(21)20-10-9-12(11-20)23-16-8-4-7-15(18)19-16/h2-8,12H,9-11H2,1H3. The fraction of sp³-hybridized carbons (Fsp3) is 0.294. The molecule has 1 saturated heterocycles. The highest BCUT2D eigenvalue weighted by atomic mass is 19.1. The first-order chi connectivity index (χ1) is 11.2. The largest absolute Gasteiger partial charge is 0.496 e. The van der Waals surface area contributed by atoms with Crippen molar-refractivity contribution in [2.45, 2.75) is 12.5 Å². The maximum atomic E-state index is 13.1. The van der Waals surface area contributed by atoms with Gasteiger partial charge in [0.15, 0.2) is 0 Å².